The van der Waals surface area contributed by atoms with Gasteiger partial charge in [0.2, 0.25) is 5.91 Å². The number of anilines is 1. The molecular weight excluding hydrogens is 396 g/mol. The van der Waals surface area contributed by atoms with E-state index in [0.717, 1.165) is 9.90 Å². The van der Waals surface area contributed by atoms with Crippen LogP contribution in [0, 0.1) is 24.2 Å². The van der Waals surface area contributed by atoms with E-state index in [2.05, 4.69) is 21.7 Å². The summed E-state index contributed by atoms with van der Waals surface area (Å²) in [5.74, 6) is 0.192. The van der Waals surface area contributed by atoms with Crippen LogP contribution in [-0.4, -0.2) is 35.7 Å². The third-order valence-corrected chi connectivity index (χ3v) is 6.14. The van der Waals surface area contributed by atoms with Gasteiger partial charge in [-0.1, -0.05) is 36.9 Å². The van der Waals surface area contributed by atoms with Crippen LogP contribution in [0.2, 0.25) is 0 Å². The number of hydrogen-bond donors (Lipinski definition) is 2. The number of aryl methyl sites for hydroxylation is 1. The lowest BCUT2D eigenvalue weighted by molar-refractivity contribution is -0.118. The Morgan fingerprint density at radius 3 is 2.57 bits per heavy atom. The average molecular weight is 419 g/mol. The van der Waals surface area contributed by atoms with Crippen molar-refractivity contribution >= 4 is 40.0 Å². The van der Waals surface area contributed by atoms with E-state index in [-0.39, 0.29) is 17.7 Å². The zero-order chi connectivity index (χ0) is 20.7. The monoisotopic (exact) mass is 418 g/mol. The standard InChI is InChI=1S/C19H22N4O3S2/c1-11(2)15(22-16(24)13-5-7-14(26-4)8-6-13)17(25)23-19-21-12(3)18(28-19)27-10-9-20/h5-8,11,15H,10H2,1-4H3,(H,22,24)(H,21,23,25). The fourth-order valence-corrected chi connectivity index (χ4v) is 4.16. The van der Waals surface area contributed by atoms with Gasteiger partial charge in [0, 0.05) is 5.56 Å². The maximum absolute atomic E-state index is 12.7. The van der Waals surface area contributed by atoms with E-state index in [0.29, 0.717) is 22.2 Å². The lowest BCUT2D eigenvalue weighted by atomic mass is 10.0. The number of aromatic nitrogens is 1. The molecule has 7 nitrogen and oxygen atoms in total. The molecule has 1 aromatic carbocycles. The summed E-state index contributed by atoms with van der Waals surface area (Å²) in [6.45, 7) is 5.55. The SMILES string of the molecule is COc1ccc(C(=O)NC(C(=O)Nc2nc(C)c(SCC#N)s2)C(C)C)cc1. The third kappa shape index (κ3) is 5.71. The summed E-state index contributed by atoms with van der Waals surface area (Å²) >= 11 is 2.70. The topological polar surface area (TPSA) is 104 Å². The number of nitrogens with zero attached hydrogens (tertiary/aromatic N) is 2. The van der Waals surface area contributed by atoms with E-state index < -0.39 is 6.04 Å². The Labute approximate surface area is 172 Å². The zero-order valence-corrected chi connectivity index (χ0v) is 17.7. The first-order valence-electron chi connectivity index (χ1n) is 8.58. The van der Waals surface area contributed by atoms with Crippen LogP contribution >= 0.6 is 23.1 Å². The molecule has 0 fully saturated rings. The fourth-order valence-electron chi connectivity index (χ4n) is 2.35. The number of rotatable bonds is 8. The van der Waals surface area contributed by atoms with Gasteiger partial charge in [0.1, 0.15) is 11.8 Å². The number of carbonyl (C=O) groups excluding carboxylic acids is 2. The van der Waals surface area contributed by atoms with Gasteiger partial charge in [-0.15, -0.1) is 0 Å². The molecule has 1 heterocycles. The Morgan fingerprint density at radius 2 is 2.00 bits per heavy atom. The number of amides is 2. The van der Waals surface area contributed by atoms with E-state index in [1.54, 1.807) is 31.4 Å². The van der Waals surface area contributed by atoms with Crippen LogP contribution in [0.15, 0.2) is 28.5 Å². The van der Waals surface area contributed by atoms with E-state index in [1.807, 2.05) is 20.8 Å². The fraction of sp³-hybridized carbons (Fsp3) is 0.368. The maximum atomic E-state index is 12.7. The van der Waals surface area contributed by atoms with Crippen molar-refractivity contribution in [3.63, 3.8) is 0 Å². The second-order valence-electron chi connectivity index (χ2n) is 6.25. The minimum absolute atomic E-state index is 0.115. The first-order chi connectivity index (χ1) is 13.3. The molecule has 1 aromatic heterocycles. The smallest absolute Gasteiger partial charge is 0.251 e. The van der Waals surface area contributed by atoms with Gasteiger partial charge in [0.05, 0.1) is 28.8 Å². The average Bonchev–Trinajstić information content (AvgIpc) is 3.02. The van der Waals surface area contributed by atoms with E-state index in [9.17, 15) is 9.59 Å². The summed E-state index contributed by atoms with van der Waals surface area (Å²) in [6, 6.07) is 8.03. The lowest BCUT2D eigenvalue weighted by Gasteiger charge is -2.21. The third-order valence-electron chi connectivity index (χ3n) is 3.84. The molecule has 148 valence electrons. The molecule has 0 aliphatic carbocycles. The number of hydrogen-bond acceptors (Lipinski definition) is 7. The summed E-state index contributed by atoms with van der Waals surface area (Å²) < 4.78 is 5.98. The van der Waals surface area contributed by atoms with Crippen molar-refractivity contribution < 1.29 is 14.3 Å². The van der Waals surface area contributed by atoms with Crippen LogP contribution in [0.1, 0.15) is 29.9 Å². The molecule has 0 aliphatic heterocycles. The van der Waals surface area contributed by atoms with Crippen molar-refractivity contribution in [2.45, 2.75) is 31.0 Å². The van der Waals surface area contributed by atoms with Crippen molar-refractivity contribution in [3.05, 3.63) is 35.5 Å². The van der Waals surface area contributed by atoms with Crippen LogP contribution in [0.5, 0.6) is 5.75 Å². The summed E-state index contributed by atoms with van der Waals surface area (Å²) in [5, 5.41) is 14.7. The van der Waals surface area contributed by atoms with Crippen molar-refractivity contribution in [2.24, 2.45) is 5.92 Å². The quantitative estimate of drug-likeness (QED) is 0.636. The van der Waals surface area contributed by atoms with Crippen molar-refractivity contribution in [3.8, 4) is 11.8 Å². The Kier molecular flexibility index (Phi) is 7.84. The molecular formula is C19H22N4O3S2. The van der Waals surface area contributed by atoms with Gasteiger partial charge in [-0.2, -0.15) is 5.26 Å². The Hall–Kier alpha value is -2.57. The van der Waals surface area contributed by atoms with Gasteiger partial charge in [0.15, 0.2) is 5.13 Å². The molecule has 2 amide bonds. The molecule has 0 spiro atoms. The van der Waals surface area contributed by atoms with Gasteiger partial charge >= 0.3 is 0 Å². The van der Waals surface area contributed by atoms with Crippen molar-refractivity contribution in [2.75, 3.05) is 18.2 Å². The van der Waals surface area contributed by atoms with Crippen LogP contribution in [0.25, 0.3) is 0 Å². The molecule has 0 radical (unpaired) electrons. The number of nitrogens with one attached hydrogen (secondary N) is 2. The number of methoxy groups -OCH3 is 1. The first kappa shape index (κ1) is 21.7. The normalized spacial score (nSPS) is 11.6. The zero-order valence-electron chi connectivity index (χ0n) is 16.1. The van der Waals surface area contributed by atoms with Crippen LogP contribution in [0.4, 0.5) is 5.13 Å². The summed E-state index contributed by atoms with van der Waals surface area (Å²) in [6.07, 6.45) is 0. The van der Waals surface area contributed by atoms with Gasteiger partial charge in [0.25, 0.3) is 5.91 Å². The molecule has 1 unspecified atom stereocenters. The number of ether oxygens (including phenoxy) is 1. The van der Waals surface area contributed by atoms with Gasteiger partial charge in [-0.25, -0.2) is 4.98 Å². The minimum Gasteiger partial charge on any atom is -0.497 e. The van der Waals surface area contributed by atoms with Gasteiger partial charge in [-0.3, -0.25) is 9.59 Å². The molecule has 0 saturated carbocycles. The number of nitriles is 1. The largest absolute Gasteiger partial charge is 0.497 e. The number of benzene rings is 1. The molecule has 2 aromatic rings. The summed E-state index contributed by atoms with van der Waals surface area (Å²) in [7, 11) is 1.55. The first-order valence-corrected chi connectivity index (χ1v) is 10.4. The number of thiazole rings is 1. The maximum Gasteiger partial charge on any atom is 0.251 e. The number of carbonyl (C=O) groups is 2. The molecule has 0 saturated heterocycles. The summed E-state index contributed by atoms with van der Waals surface area (Å²) in [4.78, 5) is 29.6. The Balaban J connectivity index is 2.07. The number of thioether (sulfide) groups is 1. The van der Waals surface area contributed by atoms with Crippen molar-refractivity contribution in [1.82, 2.24) is 10.3 Å². The van der Waals surface area contributed by atoms with Crippen LogP contribution < -0.4 is 15.4 Å². The second kappa shape index (κ2) is 10.1. The Bertz CT molecular complexity index is 872. The molecule has 2 rings (SSSR count). The van der Waals surface area contributed by atoms with Crippen molar-refractivity contribution in [1.29, 1.82) is 5.26 Å². The highest BCUT2D eigenvalue weighted by Crippen LogP contribution is 2.31. The minimum atomic E-state index is -0.714. The molecule has 2 N–H and O–H groups in total. The van der Waals surface area contributed by atoms with Gasteiger partial charge < -0.3 is 15.4 Å². The highest BCUT2D eigenvalue weighted by Gasteiger charge is 2.26. The molecule has 28 heavy (non-hydrogen) atoms. The van der Waals surface area contributed by atoms with Gasteiger partial charge in [-0.05, 0) is 37.1 Å². The highest BCUT2D eigenvalue weighted by molar-refractivity contribution is 8.01. The molecule has 9 heteroatoms. The second-order valence-corrected chi connectivity index (χ2v) is 8.49. The van der Waals surface area contributed by atoms with Crippen LogP contribution in [-0.2, 0) is 4.79 Å². The van der Waals surface area contributed by atoms with E-state index in [4.69, 9.17) is 10.00 Å². The molecule has 0 bridgehead atoms. The highest BCUT2D eigenvalue weighted by atomic mass is 32.2. The predicted molar refractivity (Wildman–Crippen MR) is 111 cm³/mol. The molecule has 0 aliphatic rings. The molecule has 1 atom stereocenters. The predicted octanol–water partition coefficient (Wildman–Crippen LogP) is 3.47. The Morgan fingerprint density at radius 1 is 1.32 bits per heavy atom. The van der Waals surface area contributed by atoms with E-state index in [1.165, 1.54) is 23.1 Å². The summed E-state index contributed by atoms with van der Waals surface area (Å²) in [5.41, 5.74) is 1.21. The lowest BCUT2D eigenvalue weighted by Crippen LogP contribution is -2.47. The van der Waals surface area contributed by atoms with Crippen LogP contribution in [0.3, 0.4) is 0 Å². The van der Waals surface area contributed by atoms with E-state index >= 15 is 0 Å².